The van der Waals surface area contributed by atoms with Crippen molar-refractivity contribution in [1.29, 1.82) is 0 Å². The molecule has 4 aliphatic heterocycles. The number of ether oxygens (including phenoxy) is 4. The van der Waals surface area contributed by atoms with Crippen LogP contribution in [-0.2, 0) is 51.9 Å². The fourth-order valence-corrected chi connectivity index (χ4v) is 14.3. The molecule has 5 aromatic carbocycles. The minimum Gasteiger partial charge on any atom is -0.508 e. The van der Waals surface area contributed by atoms with Gasteiger partial charge in [-0.1, -0.05) is 91.8 Å². The molecule has 1 saturated heterocycles. The number of hydrogen-bond acceptors (Lipinski definition) is 10. The summed E-state index contributed by atoms with van der Waals surface area (Å²) in [5, 5.41) is 53.7. The predicted molar refractivity (Wildman–Crippen MR) is 304 cm³/mol. The van der Waals surface area contributed by atoms with Gasteiger partial charge in [-0.15, -0.1) is 0 Å². The van der Waals surface area contributed by atoms with E-state index in [9.17, 15) is 20.4 Å². The monoisotopic (exact) mass is 1050 g/mol. The number of benzene rings is 5. The summed E-state index contributed by atoms with van der Waals surface area (Å²) in [6.07, 6.45) is 20.6. The summed E-state index contributed by atoms with van der Waals surface area (Å²) in [6, 6.07) is 32.7. The lowest BCUT2D eigenvalue weighted by molar-refractivity contribution is -0.166. The summed E-state index contributed by atoms with van der Waals surface area (Å²) < 4.78 is 28.7. The normalized spacial score (nSPS) is 25.1. The fourth-order valence-electron chi connectivity index (χ4n) is 14.3. The zero-order valence-corrected chi connectivity index (χ0v) is 45.1. The largest absolute Gasteiger partial charge is 0.508 e. The number of phenolic OH excluding ortho intramolecular Hbond substituents is 3. The Morgan fingerprint density at radius 3 is 2.58 bits per heavy atom. The fraction of sp³-hybridized carbons (Fsp3) is 0.433. The summed E-state index contributed by atoms with van der Waals surface area (Å²) in [7, 11) is 1.69. The molecule has 2 aliphatic carbocycles. The van der Waals surface area contributed by atoms with Crippen molar-refractivity contribution in [1.82, 2.24) is 15.2 Å². The van der Waals surface area contributed by atoms with Crippen LogP contribution in [-0.4, -0.2) is 76.0 Å². The molecule has 6 unspecified atom stereocenters. The number of rotatable bonds is 9. The number of dihydropyridines is 1. The van der Waals surface area contributed by atoms with Crippen molar-refractivity contribution in [3.8, 4) is 34.8 Å². The number of nitrogens with zero attached hydrogens (tertiary/aromatic N) is 1. The van der Waals surface area contributed by atoms with E-state index >= 15 is 0 Å². The minimum atomic E-state index is -0.614. The maximum Gasteiger partial charge on any atom is 0.161 e. The van der Waals surface area contributed by atoms with Gasteiger partial charge in [0.25, 0.3) is 0 Å². The highest BCUT2D eigenvalue weighted by atomic mass is 16.5. The van der Waals surface area contributed by atoms with E-state index in [1.54, 1.807) is 31.4 Å². The van der Waals surface area contributed by atoms with Gasteiger partial charge >= 0.3 is 0 Å². The van der Waals surface area contributed by atoms with Crippen LogP contribution in [0.25, 0.3) is 16.6 Å². The molecule has 12 rings (SSSR count). The Hall–Kier alpha value is -6.52. The SMILES string of the molecule is COCNC1C=C2C#CC(CCc3ccc(O)c(Cc4cccc(O)c4)c3)CCCC3CC(O)CCc4ccc(O)c(c4)OCc4cc(C56CCOC7(CCCCC7)C5CCc5ccccc56)cc5cn(cc45)C(=C2CO3)N1. The molecule has 11 nitrogen and oxygen atoms in total. The van der Waals surface area contributed by atoms with Crippen molar-refractivity contribution in [2.75, 3.05) is 27.1 Å². The molecule has 78 heavy (non-hydrogen) atoms. The summed E-state index contributed by atoms with van der Waals surface area (Å²) in [6.45, 7) is 1.55. The Labute approximate surface area is 459 Å². The molecule has 6 aliphatic rings. The highest BCUT2D eigenvalue weighted by molar-refractivity contribution is 5.89. The van der Waals surface area contributed by atoms with E-state index in [1.165, 1.54) is 36.0 Å². The van der Waals surface area contributed by atoms with Crippen molar-refractivity contribution < 1.29 is 39.4 Å². The van der Waals surface area contributed by atoms with Crippen molar-refractivity contribution in [3.63, 3.8) is 0 Å². The highest BCUT2D eigenvalue weighted by Crippen LogP contribution is 2.59. The van der Waals surface area contributed by atoms with Gasteiger partial charge < -0.3 is 49.3 Å². The summed E-state index contributed by atoms with van der Waals surface area (Å²) in [5.74, 6) is 9.71. The molecule has 2 fully saturated rings. The van der Waals surface area contributed by atoms with Gasteiger partial charge in [0.15, 0.2) is 11.5 Å². The summed E-state index contributed by atoms with van der Waals surface area (Å²) >= 11 is 0. The molecule has 5 heterocycles. The lowest BCUT2D eigenvalue weighted by Crippen LogP contribution is -2.59. The number of methoxy groups -OCH3 is 1. The van der Waals surface area contributed by atoms with Crippen LogP contribution in [0.4, 0.5) is 0 Å². The third-order valence-electron chi connectivity index (χ3n) is 18.2. The third-order valence-corrected chi connectivity index (χ3v) is 18.2. The molecule has 0 amide bonds. The van der Waals surface area contributed by atoms with Crippen LogP contribution < -0.4 is 15.4 Å². The van der Waals surface area contributed by atoms with Gasteiger partial charge in [0.05, 0.1) is 31.1 Å². The Morgan fingerprint density at radius 2 is 1.69 bits per heavy atom. The van der Waals surface area contributed by atoms with E-state index in [2.05, 4.69) is 88.0 Å². The molecule has 6 bridgehead atoms. The second-order valence-corrected chi connectivity index (χ2v) is 23.1. The van der Waals surface area contributed by atoms with Crippen LogP contribution in [0, 0.1) is 23.7 Å². The number of hydrogen-bond donors (Lipinski definition) is 6. The van der Waals surface area contributed by atoms with Gasteiger partial charge in [-0.2, -0.15) is 0 Å². The maximum atomic E-state index is 11.8. The Morgan fingerprint density at radius 1 is 0.808 bits per heavy atom. The second kappa shape index (κ2) is 22.7. The van der Waals surface area contributed by atoms with E-state index in [1.807, 2.05) is 30.3 Å². The number of phenols is 3. The van der Waals surface area contributed by atoms with Crippen molar-refractivity contribution in [3.05, 3.63) is 171 Å². The van der Waals surface area contributed by atoms with Crippen LogP contribution in [0.3, 0.4) is 0 Å². The van der Waals surface area contributed by atoms with E-state index in [0.717, 1.165) is 120 Å². The number of nitrogens with one attached hydrogen (secondary N) is 2. The number of aliphatic hydroxyl groups is 1. The van der Waals surface area contributed by atoms with Crippen molar-refractivity contribution in [2.45, 2.75) is 145 Å². The number of aryl methyl sites for hydroxylation is 3. The number of aromatic hydroxyl groups is 3. The molecular weight excluding hydrogens is 975 g/mol. The quantitative estimate of drug-likeness (QED) is 0.0611. The topological polar surface area (TPSA) is 147 Å². The molecule has 6 atom stereocenters. The van der Waals surface area contributed by atoms with E-state index in [-0.39, 0.29) is 59.7 Å². The Bertz CT molecular complexity index is 3280. The first-order valence-corrected chi connectivity index (χ1v) is 28.8. The van der Waals surface area contributed by atoms with Crippen LogP contribution >= 0.6 is 0 Å². The smallest absolute Gasteiger partial charge is 0.161 e. The first kappa shape index (κ1) is 52.2. The molecule has 0 radical (unpaired) electrons. The standard InChI is InChI=1S/C67H75N3O8/c1-75-43-68-64-37-49-21-17-44(15-16-45-19-24-60(73)50(31-45)32-47-10-7-12-54(71)33-47)9-8-13-56-38-55(72)23-18-46-20-25-61(74)62(34-46)77-41-52-36-53(35-51-39-70(40-57(51)52)65(69-64)58(49)42-76-56)67-29-30-78-66(27-5-2-6-28-66)63(67)26-22-48-11-3-4-14-59(48)67/h3-4,7,10-12,14,19-20,24-25,31,33-37,39-40,44,55-56,63-64,68-69,71-74H,2,5-6,8-9,13,15-16,18,22-23,26-30,32,38,41-43H2,1H3. The molecule has 1 spiro atoms. The number of fused-ring (bicyclic) bond motifs is 10. The Kier molecular flexibility index (Phi) is 15.2. The minimum absolute atomic E-state index is 0.0642. The van der Waals surface area contributed by atoms with Crippen LogP contribution in [0.5, 0.6) is 23.0 Å². The number of aliphatic hydroxyl groups excluding tert-OH is 1. The molecule has 6 aromatic rings. The Balaban J connectivity index is 0.974. The van der Waals surface area contributed by atoms with Crippen molar-refractivity contribution in [2.24, 2.45) is 11.8 Å². The summed E-state index contributed by atoms with van der Waals surface area (Å²) in [5.41, 5.74) is 10.4. The zero-order valence-electron chi connectivity index (χ0n) is 45.1. The number of aromatic nitrogens is 1. The molecule has 6 N–H and O–H groups in total. The van der Waals surface area contributed by atoms with Gasteiger partial charge in [-0.25, -0.2) is 0 Å². The molecule has 1 aromatic heterocycles. The van der Waals surface area contributed by atoms with Gasteiger partial charge in [0, 0.05) is 71.7 Å². The molecule has 11 heteroatoms. The van der Waals surface area contributed by atoms with Crippen LogP contribution in [0.2, 0.25) is 0 Å². The zero-order chi connectivity index (χ0) is 53.2. The maximum absolute atomic E-state index is 11.8. The molecule has 406 valence electrons. The molecule has 1 saturated carbocycles. The van der Waals surface area contributed by atoms with Crippen LogP contribution in [0.1, 0.15) is 128 Å². The lowest BCUT2D eigenvalue weighted by Gasteiger charge is -2.59. The first-order chi connectivity index (χ1) is 38.1. The van der Waals surface area contributed by atoms with Crippen molar-refractivity contribution >= 4 is 16.6 Å². The third kappa shape index (κ3) is 10.7. The molecular formula is C67H75N3O8. The van der Waals surface area contributed by atoms with Crippen LogP contribution in [0.15, 0.2) is 127 Å². The van der Waals surface area contributed by atoms with Gasteiger partial charge in [-0.05, 0) is 170 Å². The van der Waals surface area contributed by atoms with E-state index < -0.39 is 6.10 Å². The average molecular weight is 1050 g/mol. The van der Waals surface area contributed by atoms with Gasteiger partial charge in [0.1, 0.15) is 30.1 Å². The lowest BCUT2D eigenvalue weighted by atomic mass is 9.51. The van der Waals surface area contributed by atoms with Gasteiger partial charge in [-0.3, -0.25) is 5.32 Å². The van der Waals surface area contributed by atoms with E-state index in [4.69, 9.17) is 18.9 Å². The second-order valence-electron chi connectivity index (χ2n) is 23.1. The van der Waals surface area contributed by atoms with Gasteiger partial charge in [0.2, 0.25) is 0 Å². The predicted octanol–water partition coefficient (Wildman–Crippen LogP) is 11.6. The van der Waals surface area contributed by atoms with E-state index in [0.29, 0.717) is 50.7 Å². The first-order valence-electron chi connectivity index (χ1n) is 28.8. The highest BCUT2D eigenvalue weighted by Gasteiger charge is 2.58. The average Bonchev–Trinajstić information content (AvgIpc) is 3.28. The summed E-state index contributed by atoms with van der Waals surface area (Å²) in [4.78, 5) is 0.